The zero-order valence-electron chi connectivity index (χ0n) is 16.1. The number of hydrogen-bond donors (Lipinski definition) is 0. The molecule has 0 saturated carbocycles. The molecule has 0 bridgehead atoms. The molecule has 5 rings (SSSR count). The maximum absolute atomic E-state index is 6.02. The highest BCUT2D eigenvalue weighted by atomic mass is 79.9. The van der Waals surface area contributed by atoms with Gasteiger partial charge in [0.2, 0.25) is 0 Å². The lowest BCUT2D eigenvalue weighted by Crippen LogP contribution is -1.91. The maximum Gasteiger partial charge on any atom is 0.128 e. The Morgan fingerprint density at radius 2 is 1.30 bits per heavy atom. The molecule has 0 aliphatic heterocycles. The first-order valence-corrected chi connectivity index (χ1v) is 10.5. The molecule has 0 fully saturated rings. The molecule has 0 amide bonds. The second kappa shape index (κ2) is 8.13. The Morgan fingerprint density at radius 3 is 2.10 bits per heavy atom. The summed E-state index contributed by atoms with van der Waals surface area (Å²) < 4.78 is 7.07. The van der Waals surface area contributed by atoms with Crippen LogP contribution in [0.25, 0.3) is 33.3 Å². The summed E-state index contributed by atoms with van der Waals surface area (Å²) in [7, 11) is 0. The maximum atomic E-state index is 6.02. The summed E-state index contributed by atoms with van der Waals surface area (Å²) in [6.07, 6.45) is 0. The van der Waals surface area contributed by atoms with Crippen LogP contribution in [-0.2, 0) is 0 Å². The highest BCUT2D eigenvalue weighted by Gasteiger charge is 2.11. The SMILES string of the molecule is Brc1ccc2nc(-c3cccc(Oc4ccccc4)c3)cc(-c3ccccc3)c2c1. The number of nitrogens with zero attached hydrogens (tertiary/aromatic N) is 1. The van der Waals surface area contributed by atoms with Gasteiger partial charge in [-0.15, -0.1) is 0 Å². The molecule has 0 N–H and O–H groups in total. The molecular formula is C27H18BrNO. The second-order valence-electron chi connectivity index (χ2n) is 7.03. The average Bonchev–Trinajstić information content (AvgIpc) is 2.80. The van der Waals surface area contributed by atoms with Crippen LogP contribution >= 0.6 is 15.9 Å². The van der Waals surface area contributed by atoms with E-state index in [9.17, 15) is 0 Å². The average molecular weight is 452 g/mol. The van der Waals surface area contributed by atoms with Crippen LogP contribution in [0.2, 0.25) is 0 Å². The van der Waals surface area contributed by atoms with Crippen LogP contribution < -0.4 is 4.74 Å². The molecule has 1 aromatic heterocycles. The molecule has 30 heavy (non-hydrogen) atoms. The summed E-state index contributed by atoms with van der Waals surface area (Å²) in [5.41, 5.74) is 5.23. The summed E-state index contributed by atoms with van der Waals surface area (Å²) in [6.45, 7) is 0. The molecule has 0 aliphatic carbocycles. The number of aromatic nitrogens is 1. The molecule has 2 nitrogen and oxygen atoms in total. The Labute approximate surface area is 183 Å². The number of hydrogen-bond acceptors (Lipinski definition) is 2. The van der Waals surface area contributed by atoms with Gasteiger partial charge >= 0.3 is 0 Å². The summed E-state index contributed by atoms with van der Waals surface area (Å²) in [6, 6.07) is 36.7. The number of ether oxygens (including phenoxy) is 1. The lowest BCUT2D eigenvalue weighted by molar-refractivity contribution is 0.483. The number of rotatable bonds is 4. The fourth-order valence-electron chi connectivity index (χ4n) is 3.55. The number of para-hydroxylation sites is 1. The van der Waals surface area contributed by atoms with E-state index in [4.69, 9.17) is 9.72 Å². The van der Waals surface area contributed by atoms with Gasteiger partial charge in [-0.25, -0.2) is 4.98 Å². The zero-order valence-corrected chi connectivity index (χ0v) is 17.7. The highest BCUT2D eigenvalue weighted by Crippen LogP contribution is 2.34. The number of halogens is 1. The Bertz CT molecular complexity index is 1320. The molecule has 3 heteroatoms. The van der Waals surface area contributed by atoms with Gasteiger partial charge in [0, 0.05) is 15.4 Å². The van der Waals surface area contributed by atoms with Crippen molar-refractivity contribution in [2.24, 2.45) is 0 Å². The van der Waals surface area contributed by atoms with Crippen LogP contribution in [0.4, 0.5) is 0 Å². The van der Waals surface area contributed by atoms with Gasteiger partial charge in [0.1, 0.15) is 11.5 Å². The number of benzene rings is 4. The van der Waals surface area contributed by atoms with Crippen molar-refractivity contribution < 1.29 is 4.74 Å². The van der Waals surface area contributed by atoms with E-state index in [0.29, 0.717) is 0 Å². The van der Waals surface area contributed by atoms with Gasteiger partial charge in [0.25, 0.3) is 0 Å². The third-order valence-corrected chi connectivity index (χ3v) is 5.46. The minimum Gasteiger partial charge on any atom is -0.457 e. The quantitative estimate of drug-likeness (QED) is 0.275. The molecule has 0 radical (unpaired) electrons. The molecular weight excluding hydrogens is 434 g/mol. The molecule has 144 valence electrons. The van der Waals surface area contributed by atoms with Crippen LogP contribution in [0.3, 0.4) is 0 Å². The molecule has 1 heterocycles. The van der Waals surface area contributed by atoms with E-state index >= 15 is 0 Å². The molecule has 0 saturated heterocycles. The van der Waals surface area contributed by atoms with Crippen LogP contribution in [0.1, 0.15) is 0 Å². The Kier molecular flexibility index (Phi) is 5.04. The Balaban J connectivity index is 1.63. The van der Waals surface area contributed by atoms with Gasteiger partial charge in [-0.05, 0) is 59.7 Å². The van der Waals surface area contributed by atoms with Crippen molar-refractivity contribution in [2.45, 2.75) is 0 Å². The number of fused-ring (bicyclic) bond motifs is 1. The second-order valence-corrected chi connectivity index (χ2v) is 7.94. The first-order valence-electron chi connectivity index (χ1n) is 9.75. The third kappa shape index (κ3) is 3.85. The summed E-state index contributed by atoms with van der Waals surface area (Å²) in [5.74, 6) is 1.61. The van der Waals surface area contributed by atoms with Crippen LogP contribution in [-0.4, -0.2) is 4.98 Å². The van der Waals surface area contributed by atoms with E-state index < -0.39 is 0 Å². The molecule has 0 atom stereocenters. The van der Waals surface area contributed by atoms with Crippen molar-refractivity contribution in [3.8, 4) is 33.9 Å². The van der Waals surface area contributed by atoms with Crippen molar-refractivity contribution >= 4 is 26.8 Å². The molecule has 4 aromatic carbocycles. The van der Waals surface area contributed by atoms with Crippen LogP contribution in [0, 0.1) is 0 Å². The summed E-state index contributed by atoms with van der Waals surface area (Å²) >= 11 is 3.60. The fourth-order valence-corrected chi connectivity index (χ4v) is 3.91. The van der Waals surface area contributed by atoms with Crippen molar-refractivity contribution in [1.82, 2.24) is 4.98 Å². The van der Waals surface area contributed by atoms with Gasteiger partial charge in [0.15, 0.2) is 0 Å². The minimum atomic E-state index is 0.790. The lowest BCUT2D eigenvalue weighted by atomic mass is 9.98. The standard InChI is InChI=1S/C27H18BrNO/c28-21-14-15-26-25(17-21)24(19-8-3-1-4-9-19)18-27(29-26)20-10-7-13-23(16-20)30-22-11-5-2-6-12-22/h1-18H. The van der Waals surface area contributed by atoms with Crippen molar-refractivity contribution in [3.63, 3.8) is 0 Å². The van der Waals surface area contributed by atoms with E-state index in [0.717, 1.165) is 43.7 Å². The van der Waals surface area contributed by atoms with Gasteiger partial charge in [-0.2, -0.15) is 0 Å². The topological polar surface area (TPSA) is 22.1 Å². The van der Waals surface area contributed by atoms with E-state index in [-0.39, 0.29) is 0 Å². The molecule has 5 aromatic rings. The van der Waals surface area contributed by atoms with Crippen molar-refractivity contribution in [1.29, 1.82) is 0 Å². The molecule has 0 aliphatic rings. The van der Waals surface area contributed by atoms with E-state index in [1.165, 1.54) is 5.56 Å². The molecule has 0 unspecified atom stereocenters. The highest BCUT2D eigenvalue weighted by molar-refractivity contribution is 9.10. The van der Waals surface area contributed by atoms with Crippen LogP contribution in [0.5, 0.6) is 11.5 Å². The normalized spacial score (nSPS) is 10.8. The van der Waals surface area contributed by atoms with Crippen LogP contribution in [0.15, 0.2) is 114 Å². The Morgan fingerprint density at radius 1 is 0.600 bits per heavy atom. The third-order valence-electron chi connectivity index (χ3n) is 4.96. The van der Waals surface area contributed by atoms with Gasteiger partial charge < -0.3 is 4.74 Å². The first kappa shape index (κ1) is 18.6. The fraction of sp³-hybridized carbons (Fsp3) is 0. The van der Waals surface area contributed by atoms with E-state index in [1.54, 1.807) is 0 Å². The number of pyridine rings is 1. The minimum absolute atomic E-state index is 0.790. The van der Waals surface area contributed by atoms with E-state index in [2.05, 4.69) is 64.5 Å². The van der Waals surface area contributed by atoms with Gasteiger partial charge in [0.05, 0.1) is 11.2 Å². The largest absolute Gasteiger partial charge is 0.457 e. The molecule has 0 spiro atoms. The first-order chi connectivity index (χ1) is 14.8. The predicted octanol–water partition coefficient (Wildman–Crippen LogP) is 8.12. The summed E-state index contributed by atoms with van der Waals surface area (Å²) in [5, 5.41) is 1.12. The van der Waals surface area contributed by atoms with Crippen molar-refractivity contribution in [2.75, 3.05) is 0 Å². The smallest absolute Gasteiger partial charge is 0.128 e. The summed E-state index contributed by atoms with van der Waals surface area (Å²) in [4.78, 5) is 4.94. The Hall–Kier alpha value is -3.43. The zero-order chi connectivity index (χ0) is 20.3. The monoisotopic (exact) mass is 451 g/mol. The van der Waals surface area contributed by atoms with Gasteiger partial charge in [-0.3, -0.25) is 0 Å². The van der Waals surface area contributed by atoms with Crippen molar-refractivity contribution in [3.05, 3.63) is 114 Å². The van der Waals surface area contributed by atoms with E-state index in [1.807, 2.05) is 60.7 Å². The van der Waals surface area contributed by atoms with Gasteiger partial charge in [-0.1, -0.05) is 76.6 Å². The predicted molar refractivity (Wildman–Crippen MR) is 127 cm³/mol. The lowest BCUT2D eigenvalue weighted by Gasteiger charge is -2.12.